The van der Waals surface area contributed by atoms with E-state index in [0.717, 1.165) is 18.5 Å². The molecule has 2 aromatic rings. The summed E-state index contributed by atoms with van der Waals surface area (Å²) in [6.07, 6.45) is 9.24. The Bertz CT molecular complexity index is 803. The molecule has 2 heterocycles. The number of hydrogen-bond donors (Lipinski definition) is 2. The fraction of sp³-hybridized carbons (Fsp3) is 0.458. The highest BCUT2D eigenvalue weighted by atomic mass is 16.4. The standard InChI is InChI=1S/C22H29N3.C2H2O4/c1-2-4-20(5-3-1)21-6-8-22(9-7-21)25-16-14-24(15-17-25)18-19-10-12-23-13-11-19;3-1(4)2(5)6/h1-5,10-13,21-22H,6-9,14-18H2;(H,3,4)(H,5,6). The molecule has 0 bridgehead atoms. The second-order valence-electron chi connectivity index (χ2n) is 8.19. The number of rotatable bonds is 4. The van der Waals surface area contributed by atoms with Gasteiger partial charge in [-0.2, -0.15) is 0 Å². The minimum Gasteiger partial charge on any atom is -0.473 e. The molecule has 2 N–H and O–H groups in total. The van der Waals surface area contributed by atoms with E-state index < -0.39 is 11.9 Å². The first-order valence-corrected chi connectivity index (χ1v) is 10.9. The van der Waals surface area contributed by atoms with E-state index in [9.17, 15) is 0 Å². The first-order chi connectivity index (χ1) is 15.0. The van der Waals surface area contributed by atoms with E-state index in [1.807, 2.05) is 12.4 Å². The minimum atomic E-state index is -1.82. The van der Waals surface area contributed by atoms with Crippen LogP contribution in [0.5, 0.6) is 0 Å². The number of hydrogen-bond acceptors (Lipinski definition) is 5. The normalized spacial score (nSPS) is 22.2. The van der Waals surface area contributed by atoms with Crippen LogP contribution in [0.3, 0.4) is 0 Å². The molecular formula is C24H31N3O4. The summed E-state index contributed by atoms with van der Waals surface area (Å²) in [7, 11) is 0. The summed E-state index contributed by atoms with van der Waals surface area (Å²) in [5.41, 5.74) is 2.93. The number of aromatic nitrogens is 1. The largest absolute Gasteiger partial charge is 0.473 e. The van der Waals surface area contributed by atoms with Gasteiger partial charge in [0.05, 0.1) is 0 Å². The number of piperazine rings is 1. The predicted molar refractivity (Wildman–Crippen MR) is 118 cm³/mol. The molecule has 0 spiro atoms. The van der Waals surface area contributed by atoms with E-state index >= 15 is 0 Å². The molecule has 4 rings (SSSR count). The molecule has 1 aromatic carbocycles. The topological polar surface area (TPSA) is 94.0 Å². The zero-order valence-electron chi connectivity index (χ0n) is 17.8. The van der Waals surface area contributed by atoms with Crippen LogP contribution in [-0.4, -0.2) is 69.2 Å². The quantitative estimate of drug-likeness (QED) is 0.727. The summed E-state index contributed by atoms with van der Waals surface area (Å²) in [6, 6.07) is 16.2. The highest BCUT2D eigenvalue weighted by molar-refractivity contribution is 6.27. The highest BCUT2D eigenvalue weighted by Crippen LogP contribution is 2.34. The van der Waals surface area contributed by atoms with E-state index in [4.69, 9.17) is 19.8 Å². The van der Waals surface area contributed by atoms with Gasteiger partial charge in [-0.1, -0.05) is 30.3 Å². The summed E-state index contributed by atoms with van der Waals surface area (Å²) in [4.78, 5) is 27.7. The van der Waals surface area contributed by atoms with Crippen molar-refractivity contribution in [2.45, 2.75) is 44.2 Å². The molecule has 1 aliphatic heterocycles. The lowest BCUT2D eigenvalue weighted by atomic mass is 9.81. The minimum absolute atomic E-state index is 0.783. The Kier molecular flexibility index (Phi) is 8.55. The lowest BCUT2D eigenvalue weighted by Crippen LogP contribution is -2.50. The van der Waals surface area contributed by atoms with E-state index in [0.29, 0.717) is 0 Å². The summed E-state index contributed by atoms with van der Waals surface area (Å²) in [5, 5.41) is 14.8. The van der Waals surface area contributed by atoms with Crippen LogP contribution < -0.4 is 0 Å². The van der Waals surface area contributed by atoms with Gasteiger partial charge >= 0.3 is 11.9 Å². The summed E-state index contributed by atoms with van der Waals surface area (Å²) < 4.78 is 0. The number of benzene rings is 1. The molecule has 2 fully saturated rings. The van der Waals surface area contributed by atoms with Crippen molar-refractivity contribution in [3.63, 3.8) is 0 Å². The van der Waals surface area contributed by atoms with Gasteiger partial charge in [-0.15, -0.1) is 0 Å². The van der Waals surface area contributed by atoms with Gasteiger partial charge < -0.3 is 10.2 Å². The molecular weight excluding hydrogens is 394 g/mol. The zero-order valence-corrected chi connectivity index (χ0v) is 17.8. The van der Waals surface area contributed by atoms with Gasteiger partial charge in [0.2, 0.25) is 0 Å². The zero-order chi connectivity index (χ0) is 22.1. The summed E-state index contributed by atoms with van der Waals surface area (Å²) in [5.74, 6) is -2.87. The van der Waals surface area contributed by atoms with Crippen LogP contribution in [0.2, 0.25) is 0 Å². The molecule has 1 saturated carbocycles. The Labute approximate surface area is 183 Å². The number of carbonyl (C=O) groups is 2. The van der Waals surface area contributed by atoms with Gasteiger partial charge in [-0.3, -0.25) is 14.8 Å². The molecule has 7 heteroatoms. The van der Waals surface area contributed by atoms with Gasteiger partial charge in [0.15, 0.2) is 0 Å². The molecule has 0 unspecified atom stereocenters. The SMILES string of the molecule is O=C(O)C(=O)O.c1ccc(C2CCC(N3CCN(Cc4ccncc4)CC3)CC2)cc1. The predicted octanol–water partition coefficient (Wildman–Crippen LogP) is 3.08. The smallest absolute Gasteiger partial charge is 0.414 e. The lowest BCUT2D eigenvalue weighted by molar-refractivity contribution is -0.159. The average molecular weight is 426 g/mol. The maximum atomic E-state index is 9.10. The molecule has 7 nitrogen and oxygen atoms in total. The fourth-order valence-corrected chi connectivity index (χ4v) is 4.53. The van der Waals surface area contributed by atoms with Gasteiger partial charge in [-0.25, -0.2) is 9.59 Å². The summed E-state index contributed by atoms with van der Waals surface area (Å²) in [6.45, 7) is 5.91. The Morgan fingerprint density at radius 2 is 1.42 bits per heavy atom. The number of pyridine rings is 1. The molecule has 0 radical (unpaired) electrons. The Hall–Kier alpha value is -2.77. The number of aliphatic carboxylic acids is 2. The van der Waals surface area contributed by atoms with E-state index in [2.05, 4.69) is 57.2 Å². The van der Waals surface area contributed by atoms with E-state index in [1.165, 1.54) is 57.4 Å². The molecule has 1 aromatic heterocycles. The third-order valence-electron chi connectivity index (χ3n) is 6.23. The Morgan fingerprint density at radius 3 is 1.97 bits per heavy atom. The van der Waals surface area contributed by atoms with Crippen molar-refractivity contribution < 1.29 is 19.8 Å². The van der Waals surface area contributed by atoms with Crippen molar-refractivity contribution in [1.82, 2.24) is 14.8 Å². The Balaban J connectivity index is 0.000000401. The molecule has 2 aliphatic rings. The second-order valence-corrected chi connectivity index (χ2v) is 8.19. The van der Waals surface area contributed by atoms with Gasteiger partial charge in [0, 0.05) is 51.2 Å². The summed E-state index contributed by atoms with van der Waals surface area (Å²) >= 11 is 0. The van der Waals surface area contributed by atoms with Crippen LogP contribution in [-0.2, 0) is 16.1 Å². The second kappa shape index (κ2) is 11.6. The third kappa shape index (κ3) is 7.15. The Morgan fingerprint density at radius 1 is 0.839 bits per heavy atom. The van der Waals surface area contributed by atoms with E-state index in [-0.39, 0.29) is 0 Å². The third-order valence-corrected chi connectivity index (χ3v) is 6.23. The highest BCUT2D eigenvalue weighted by Gasteiger charge is 2.28. The van der Waals surface area contributed by atoms with Crippen LogP contribution in [0, 0.1) is 0 Å². The molecule has 1 saturated heterocycles. The van der Waals surface area contributed by atoms with Crippen molar-refractivity contribution in [3.05, 3.63) is 66.0 Å². The maximum absolute atomic E-state index is 9.10. The molecule has 0 atom stereocenters. The van der Waals surface area contributed by atoms with Gasteiger partial charge in [-0.05, 0) is 54.9 Å². The van der Waals surface area contributed by atoms with Crippen LogP contribution in [0.25, 0.3) is 0 Å². The molecule has 1 aliphatic carbocycles. The van der Waals surface area contributed by atoms with Crippen molar-refractivity contribution in [1.29, 1.82) is 0 Å². The van der Waals surface area contributed by atoms with Crippen molar-refractivity contribution in [2.24, 2.45) is 0 Å². The van der Waals surface area contributed by atoms with Crippen LogP contribution in [0.4, 0.5) is 0 Å². The molecule has 166 valence electrons. The number of carboxylic acid groups (broad SMARTS) is 2. The monoisotopic (exact) mass is 425 g/mol. The molecule has 0 amide bonds. The number of nitrogens with zero attached hydrogens (tertiary/aromatic N) is 3. The lowest BCUT2D eigenvalue weighted by Gasteiger charge is -2.42. The van der Waals surface area contributed by atoms with Crippen LogP contribution in [0.1, 0.15) is 42.7 Å². The average Bonchev–Trinajstić information content (AvgIpc) is 2.81. The van der Waals surface area contributed by atoms with Crippen molar-refractivity contribution >= 4 is 11.9 Å². The first kappa shape index (κ1) is 22.9. The first-order valence-electron chi connectivity index (χ1n) is 10.9. The van der Waals surface area contributed by atoms with Crippen LogP contribution >= 0.6 is 0 Å². The van der Waals surface area contributed by atoms with Gasteiger partial charge in [0.25, 0.3) is 0 Å². The van der Waals surface area contributed by atoms with Crippen molar-refractivity contribution in [2.75, 3.05) is 26.2 Å². The van der Waals surface area contributed by atoms with Crippen LogP contribution in [0.15, 0.2) is 54.9 Å². The fourth-order valence-electron chi connectivity index (χ4n) is 4.53. The number of carboxylic acids is 2. The van der Waals surface area contributed by atoms with Crippen molar-refractivity contribution in [3.8, 4) is 0 Å². The van der Waals surface area contributed by atoms with Gasteiger partial charge in [0.1, 0.15) is 0 Å². The molecule has 31 heavy (non-hydrogen) atoms. The maximum Gasteiger partial charge on any atom is 0.414 e. The van der Waals surface area contributed by atoms with E-state index in [1.54, 1.807) is 5.56 Å².